The van der Waals surface area contributed by atoms with Gasteiger partial charge in [0.1, 0.15) is 23.0 Å². The average molecular weight is 685 g/mol. The lowest BCUT2D eigenvalue weighted by atomic mass is 9.94. The Bertz CT molecular complexity index is 2440. The molecule has 3 aromatic heterocycles. The van der Waals surface area contributed by atoms with Crippen LogP contribution in [0.15, 0.2) is 77.2 Å². The van der Waals surface area contributed by atoms with Crippen LogP contribution in [0.5, 0.6) is 0 Å². The Balaban J connectivity index is 1.48. The number of amides is 1. The summed E-state index contributed by atoms with van der Waals surface area (Å²) in [6.45, 7) is 0. The van der Waals surface area contributed by atoms with Crippen molar-refractivity contribution < 1.29 is 35.9 Å². The molecule has 6 aromatic rings. The van der Waals surface area contributed by atoms with Crippen LogP contribution in [0.1, 0.15) is 28.4 Å². The predicted octanol–water partition coefficient (Wildman–Crippen LogP) is 6.48. The maximum atomic E-state index is 15.1. The summed E-state index contributed by atoms with van der Waals surface area (Å²) in [5, 5.41) is 3.38. The second-order valence-corrected chi connectivity index (χ2v) is 13.9. The number of halogens is 2. The maximum absolute atomic E-state index is 15.1. The summed E-state index contributed by atoms with van der Waals surface area (Å²) in [7, 11) is 0.406. The van der Waals surface area contributed by atoms with Crippen molar-refractivity contribution >= 4 is 49.5 Å². The van der Waals surface area contributed by atoms with Crippen molar-refractivity contribution in [2.45, 2.75) is 18.9 Å². The molecule has 4 heterocycles. The van der Waals surface area contributed by atoms with Crippen LogP contribution < -0.4 is 9.62 Å². The number of carbonyl (C=O) groups excluding carboxylic acids is 2. The number of furan rings is 1. The van der Waals surface area contributed by atoms with E-state index in [-0.39, 0.29) is 35.1 Å². The molecule has 1 amide bonds. The Morgan fingerprint density at radius 2 is 1.82 bits per heavy atom. The molecule has 0 radical (unpaired) electrons. The van der Waals surface area contributed by atoms with Gasteiger partial charge < -0.3 is 19.0 Å². The summed E-state index contributed by atoms with van der Waals surface area (Å²) in [4.78, 5) is 30.8. The molecule has 0 aliphatic carbocycles. The van der Waals surface area contributed by atoms with E-state index < -0.39 is 33.5 Å². The quantitative estimate of drug-likeness (QED) is 0.191. The van der Waals surface area contributed by atoms with Gasteiger partial charge in [-0.1, -0.05) is 12.1 Å². The Morgan fingerprint density at radius 1 is 1.06 bits per heavy atom. The highest BCUT2D eigenvalue weighted by atomic mass is 32.2. The van der Waals surface area contributed by atoms with Gasteiger partial charge in [0.05, 0.1) is 53.6 Å². The summed E-state index contributed by atoms with van der Waals surface area (Å²) in [5.74, 6) is -1.57. The first-order valence-electron chi connectivity index (χ1n) is 15.3. The van der Waals surface area contributed by atoms with E-state index in [9.17, 15) is 22.4 Å². The molecule has 0 fully saturated rings. The first kappa shape index (κ1) is 32.0. The topological polar surface area (TPSA) is 124 Å². The van der Waals surface area contributed by atoms with E-state index in [1.807, 2.05) is 10.6 Å². The van der Waals surface area contributed by atoms with Crippen molar-refractivity contribution in [1.29, 1.82) is 0 Å². The zero-order valence-corrected chi connectivity index (χ0v) is 27.7. The number of sulfonamides is 1. The number of ether oxygens (including phenoxy) is 1. The van der Waals surface area contributed by atoms with Crippen molar-refractivity contribution in [3.8, 4) is 34.0 Å². The number of benzene rings is 3. The van der Waals surface area contributed by atoms with Crippen LogP contribution in [0.4, 0.5) is 14.5 Å². The van der Waals surface area contributed by atoms with Crippen LogP contribution in [-0.4, -0.2) is 57.3 Å². The molecular weight excluding hydrogens is 654 g/mol. The highest BCUT2D eigenvalue weighted by Crippen LogP contribution is 2.44. The van der Waals surface area contributed by atoms with Gasteiger partial charge in [-0.3, -0.25) is 13.9 Å². The van der Waals surface area contributed by atoms with Gasteiger partial charge in [0.15, 0.2) is 0 Å². The molecule has 0 spiro atoms. The van der Waals surface area contributed by atoms with Crippen LogP contribution in [0.25, 0.3) is 55.8 Å². The lowest BCUT2D eigenvalue weighted by Crippen LogP contribution is -2.25. The van der Waals surface area contributed by atoms with Crippen LogP contribution in [0, 0.1) is 11.6 Å². The Kier molecular flexibility index (Phi) is 7.74. The largest absolute Gasteiger partial charge is 0.469 e. The van der Waals surface area contributed by atoms with E-state index in [0.29, 0.717) is 50.9 Å². The third-order valence-corrected chi connectivity index (χ3v) is 10.2. The maximum Gasteiger partial charge on any atom is 0.307 e. The van der Waals surface area contributed by atoms with E-state index in [2.05, 4.69) is 5.32 Å². The number of nitrogens with one attached hydrogen (secondary N) is 1. The highest BCUT2D eigenvalue weighted by molar-refractivity contribution is 7.92. The first-order chi connectivity index (χ1) is 23.4. The van der Waals surface area contributed by atoms with E-state index in [4.69, 9.17) is 14.1 Å². The van der Waals surface area contributed by atoms with Gasteiger partial charge in [-0.05, 0) is 66.6 Å². The van der Waals surface area contributed by atoms with Gasteiger partial charge in [-0.15, -0.1) is 0 Å². The molecule has 1 N–H and O–H groups in total. The lowest BCUT2D eigenvalue weighted by Gasteiger charge is -2.28. The Hall–Kier alpha value is -5.56. The Morgan fingerprint density at radius 3 is 2.51 bits per heavy atom. The number of aromatic nitrogens is 2. The van der Waals surface area contributed by atoms with Gasteiger partial charge in [-0.25, -0.2) is 22.2 Å². The van der Waals surface area contributed by atoms with Crippen LogP contribution in [0.2, 0.25) is 0 Å². The zero-order valence-electron chi connectivity index (χ0n) is 26.9. The lowest BCUT2D eigenvalue weighted by molar-refractivity contribution is -0.141. The number of anilines is 1. The van der Waals surface area contributed by atoms with Crippen molar-refractivity contribution in [3.63, 3.8) is 0 Å². The number of hydrogen-bond acceptors (Lipinski definition) is 7. The van der Waals surface area contributed by atoms with Gasteiger partial charge in [0.25, 0.3) is 5.91 Å². The molecule has 1 aliphatic heterocycles. The van der Waals surface area contributed by atoms with Crippen LogP contribution in [0.3, 0.4) is 0 Å². The fraction of sp³-hybridized carbons (Fsp3) is 0.194. The number of methoxy groups -OCH3 is 1. The van der Waals surface area contributed by atoms with Gasteiger partial charge >= 0.3 is 5.97 Å². The fourth-order valence-electron chi connectivity index (χ4n) is 6.53. The van der Waals surface area contributed by atoms with Crippen molar-refractivity contribution in [2.75, 3.05) is 31.8 Å². The fourth-order valence-corrected chi connectivity index (χ4v) is 7.04. The van der Waals surface area contributed by atoms with Crippen molar-refractivity contribution in [1.82, 2.24) is 14.9 Å². The number of rotatable bonds is 7. The van der Waals surface area contributed by atoms with Crippen LogP contribution >= 0.6 is 0 Å². The van der Waals surface area contributed by atoms with E-state index >= 15 is 4.39 Å². The number of carbonyl (C=O) groups is 2. The molecule has 1 atom stereocenters. The van der Waals surface area contributed by atoms with Gasteiger partial charge in [-0.2, -0.15) is 0 Å². The first-order valence-corrected chi connectivity index (χ1v) is 17.1. The highest BCUT2D eigenvalue weighted by Gasteiger charge is 2.32. The number of fused-ring (bicyclic) bond motifs is 6. The molecule has 7 rings (SSSR count). The summed E-state index contributed by atoms with van der Waals surface area (Å²) >= 11 is 0. The minimum Gasteiger partial charge on any atom is -0.469 e. The molecule has 13 heteroatoms. The van der Waals surface area contributed by atoms with Crippen molar-refractivity contribution in [3.05, 3.63) is 95.6 Å². The summed E-state index contributed by atoms with van der Waals surface area (Å²) in [5.41, 5.74) is 4.37. The predicted molar refractivity (Wildman–Crippen MR) is 182 cm³/mol. The van der Waals surface area contributed by atoms with Crippen LogP contribution in [-0.2, 0) is 26.0 Å². The molecule has 1 aliphatic rings. The summed E-state index contributed by atoms with van der Waals surface area (Å²) in [6, 6.07) is 18.4. The summed E-state index contributed by atoms with van der Waals surface area (Å²) < 4.78 is 68.8. The molecule has 10 nitrogen and oxygen atoms in total. The van der Waals surface area contributed by atoms with E-state index in [1.54, 1.807) is 30.3 Å². The Labute approximate surface area is 280 Å². The number of hydrogen-bond donors (Lipinski definition) is 1. The standard InChI is InChI=1S/C36H30F2N4O6S/c1-39-36(44)33-25-16-24(29(41(2)49(4,45)46)18-31(25)48-35(33)19-8-11-21(37)12-9-19)27-13-10-20-14-22(15-32(43)47-3)42-28-7-5-6-26(38)23(28)17-30(42)34(20)40-27/h5-13,16-18,22H,14-15H2,1-4H3,(H,39,44). The minimum atomic E-state index is -3.79. The van der Waals surface area contributed by atoms with Crippen molar-refractivity contribution in [2.24, 2.45) is 0 Å². The second-order valence-electron chi connectivity index (χ2n) is 11.9. The molecule has 250 valence electrons. The second kappa shape index (κ2) is 11.8. The third kappa shape index (κ3) is 5.39. The molecular formula is C36H30F2N4O6S. The number of esters is 1. The molecule has 1 unspecified atom stereocenters. The molecule has 0 saturated heterocycles. The normalized spacial score (nSPS) is 14.0. The minimum absolute atomic E-state index is 0.0596. The SMILES string of the molecule is CNC(=O)c1c(-c2ccc(F)cc2)oc2cc(N(C)S(C)(=O)=O)c(-c3ccc4c(n3)-c3cc5c(F)cccc5n3C(CC(=O)OC)C4)cc12. The third-order valence-electron chi connectivity index (χ3n) is 8.98. The molecule has 49 heavy (non-hydrogen) atoms. The smallest absolute Gasteiger partial charge is 0.307 e. The average Bonchev–Trinajstić information content (AvgIpc) is 3.67. The zero-order chi connectivity index (χ0) is 34.8. The van der Waals surface area contributed by atoms with E-state index in [0.717, 1.165) is 16.1 Å². The molecule has 3 aromatic carbocycles. The van der Waals surface area contributed by atoms with E-state index in [1.165, 1.54) is 57.6 Å². The summed E-state index contributed by atoms with van der Waals surface area (Å²) in [6.07, 6.45) is 1.53. The number of pyridine rings is 1. The monoisotopic (exact) mass is 684 g/mol. The number of nitrogens with zero attached hydrogens (tertiary/aromatic N) is 3. The van der Waals surface area contributed by atoms with Gasteiger partial charge in [0.2, 0.25) is 10.0 Å². The van der Waals surface area contributed by atoms with Gasteiger partial charge in [0, 0.05) is 48.1 Å². The molecule has 0 bridgehead atoms. The molecule has 0 saturated carbocycles.